The van der Waals surface area contributed by atoms with Crippen LogP contribution in [0.25, 0.3) is 0 Å². The molecule has 1 heterocycles. The Morgan fingerprint density at radius 1 is 1.27 bits per heavy atom. The van der Waals surface area contributed by atoms with Crippen LogP contribution in [0.4, 0.5) is 0 Å². The van der Waals surface area contributed by atoms with Gasteiger partial charge in [0.05, 0.1) is 0 Å². The molecule has 0 amide bonds. The van der Waals surface area contributed by atoms with Gasteiger partial charge in [-0.3, -0.25) is 0 Å². The number of rotatable bonds is 1. The molecule has 6 nitrogen and oxygen atoms in total. The zero-order chi connectivity index (χ0) is 7.56. The van der Waals surface area contributed by atoms with E-state index >= 15 is 0 Å². The fourth-order valence-electron chi connectivity index (χ4n) is 0.371. The number of aliphatic hydroxyl groups excluding tert-OH is 1. The van der Waals surface area contributed by atoms with Crippen LogP contribution in [0.2, 0.25) is 0 Å². The van der Waals surface area contributed by atoms with Gasteiger partial charge in [0.25, 0.3) is 6.29 Å². The Bertz CT molecular complexity index is 156. The van der Waals surface area contributed by atoms with Gasteiger partial charge in [-0.05, 0) is 0 Å². The van der Waals surface area contributed by atoms with E-state index in [0.717, 1.165) is 0 Å². The molecular weight excluding hydrogens is 246 g/mol. The molecule has 0 saturated carbocycles. The minimum atomic E-state index is -2.39. The first-order chi connectivity index (χ1) is 4.72. The van der Waals surface area contributed by atoms with Gasteiger partial charge >= 0.3 is 16.5 Å². The van der Waals surface area contributed by atoms with E-state index in [0.29, 0.717) is 0 Å². The van der Waals surface area contributed by atoms with Gasteiger partial charge in [-0.15, -0.1) is 0 Å². The quantitative estimate of drug-likeness (QED) is 0.544. The first-order valence-corrected chi connectivity index (χ1v) is 4.48. The molecular formula is C2H4CuO6P2+2. The summed E-state index contributed by atoms with van der Waals surface area (Å²) in [6.45, 7) is -0.495. The molecule has 11 heavy (non-hydrogen) atoms. The zero-order valence-corrected chi connectivity index (χ0v) is 7.70. The summed E-state index contributed by atoms with van der Waals surface area (Å²) in [5, 5.41) is 8.36. The molecule has 2 atom stereocenters. The van der Waals surface area contributed by atoms with E-state index in [2.05, 4.69) is 13.4 Å². The SMILES string of the molecule is O=[P+]1OC(CO)O[P+](=O)O1.[Cu]. The van der Waals surface area contributed by atoms with Crippen molar-refractivity contribution in [1.29, 1.82) is 0 Å². The summed E-state index contributed by atoms with van der Waals surface area (Å²) in [5.74, 6) is 0. The van der Waals surface area contributed by atoms with E-state index in [1.54, 1.807) is 0 Å². The average Bonchev–Trinajstić information content (AvgIpc) is 1.85. The molecule has 0 spiro atoms. The second kappa shape index (κ2) is 5.25. The second-order valence-corrected chi connectivity index (χ2v) is 3.32. The topological polar surface area (TPSA) is 82.1 Å². The third-order valence-electron chi connectivity index (χ3n) is 0.690. The molecule has 1 rings (SSSR count). The van der Waals surface area contributed by atoms with Crippen molar-refractivity contribution in [3.63, 3.8) is 0 Å². The van der Waals surface area contributed by atoms with Crippen molar-refractivity contribution in [2.75, 3.05) is 6.61 Å². The standard InChI is InChI=1S/C2H4O6P2.Cu/c3-1-2-6-9(4)8-10(5)7-2;/h2-3H,1H2;/q+2;. The van der Waals surface area contributed by atoms with Gasteiger partial charge in [-0.25, -0.2) is 0 Å². The van der Waals surface area contributed by atoms with Gasteiger partial charge in [0, 0.05) is 26.2 Å². The smallest absolute Gasteiger partial charge is 0.391 e. The molecule has 1 aliphatic heterocycles. The first kappa shape index (κ1) is 11.6. The molecule has 0 aromatic rings. The molecule has 1 radical (unpaired) electrons. The molecule has 1 aliphatic rings. The fourth-order valence-corrected chi connectivity index (χ4v) is 1.79. The van der Waals surface area contributed by atoms with Crippen LogP contribution in [-0.2, 0) is 39.6 Å². The summed E-state index contributed by atoms with van der Waals surface area (Å²) in [5.41, 5.74) is 0. The van der Waals surface area contributed by atoms with Crippen LogP contribution in [0.3, 0.4) is 0 Å². The van der Waals surface area contributed by atoms with Gasteiger partial charge in [-0.2, -0.15) is 0 Å². The van der Waals surface area contributed by atoms with Crippen LogP contribution in [0.15, 0.2) is 0 Å². The van der Waals surface area contributed by atoms with Crippen LogP contribution in [-0.4, -0.2) is 18.0 Å². The molecule has 1 saturated heterocycles. The Balaban J connectivity index is 0.000001000. The van der Waals surface area contributed by atoms with E-state index in [4.69, 9.17) is 5.11 Å². The van der Waals surface area contributed by atoms with Crippen LogP contribution in [0.1, 0.15) is 0 Å². The van der Waals surface area contributed by atoms with Crippen LogP contribution in [0.5, 0.6) is 0 Å². The van der Waals surface area contributed by atoms with E-state index in [1.165, 1.54) is 0 Å². The summed E-state index contributed by atoms with van der Waals surface area (Å²) in [4.78, 5) is 0. The Labute approximate surface area is 74.6 Å². The minimum Gasteiger partial charge on any atom is -0.391 e. The van der Waals surface area contributed by atoms with Crippen molar-refractivity contribution >= 4 is 16.5 Å². The van der Waals surface area contributed by atoms with Gasteiger partial charge in [-0.1, -0.05) is 9.05 Å². The van der Waals surface area contributed by atoms with Gasteiger partial charge in [0.2, 0.25) is 0 Å². The molecule has 0 aromatic heterocycles. The zero-order valence-electron chi connectivity index (χ0n) is 4.97. The summed E-state index contributed by atoms with van der Waals surface area (Å²) in [7, 11) is -4.79. The maximum atomic E-state index is 10.4. The van der Waals surface area contributed by atoms with Gasteiger partial charge in [0.1, 0.15) is 6.61 Å². The monoisotopic (exact) mass is 249 g/mol. The van der Waals surface area contributed by atoms with Crippen molar-refractivity contribution in [2.24, 2.45) is 0 Å². The van der Waals surface area contributed by atoms with E-state index in [1.807, 2.05) is 0 Å². The Hall–Kier alpha value is 0.559. The second-order valence-electron chi connectivity index (χ2n) is 1.35. The Morgan fingerprint density at radius 2 is 1.73 bits per heavy atom. The number of aliphatic hydroxyl groups is 1. The minimum absolute atomic E-state index is 0. The van der Waals surface area contributed by atoms with E-state index in [9.17, 15) is 9.13 Å². The van der Waals surface area contributed by atoms with Crippen molar-refractivity contribution in [3.05, 3.63) is 0 Å². The number of hydrogen-bond donors (Lipinski definition) is 1. The van der Waals surface area contributed by atoms with Crippen molar-refractivity contribution in [1.82, 2.24) is 0 Å². The van der Waals surface area contributed by atoms with Crippen molar-refractivity contribution in [3.8, 4) is 0 Å². The summed E-state index contributed by atoms with van der Waals surface area (Å²) in [6.07, 6.45) is -1.10. The normalized spacial score (nSPS) is 31.2. The Morgan fingerprint density at radius 3 is 2.09 bits per heavy atom. The molecule has 9 heteroatoms. The van der Waals surface area contributed by atoms with Crippen molar-refractivity contribution < 1.29 is 44.7 Å². The third-order valence-corrected chi connectivity index (χ3v) is 2.57. The molecule has 1 fully saturated rings. The summed E-state index contributed by atoms with van der Waals surface area (Å²) >= 11 is 0. The van der Waals surface area contributed by atoms with Gasteiger partial charge < -0.3 is 5.11 Å². The predicted octanol–water partition coefficient (Wildman–Crippen LogP) is 0.680. The molecule has 1 N–H and O–H groups in total. The van der Waals surface area contributed by atoms with E-state index < -0.39 is 29.4 Å². The molecule has 2 unspecified atom stereocenters. The fraction of sp³-hybridized carbons (Fsp3) is 1.00. The maximum absolute atomic E-state index is 10.4. The first-order valence-electron chi connectivity index (χ1n) is 2.29. The molecule has 0 aliphatic carbocycles. The van der Waals surface area contributed by atoms with Crippen LogP contribution in [0, 0.1) is 0 Å². The third kappa shape index (κ3) is 3.65. The predicted molar refractivity (Wildman–Crippen MR) is 29.3 cm³/mol. The summed E-state index contributed by atoms with van der Waals surface area (Å²) in [6, 6.07) is 0. The van der Waals surface area contributed by atoms with Gasteiger partial charge in [0.15, 0.2) is 4.31 Å². The largest absolute Gasteiger partial charge is 0.750 e. The maximum Gasteiger partial charge on any atom is 0.750 e. The average molecular weight is 250 g/mol. The van der Waals surface area contributed by atoms with Crippen molar-refractivity contribution in [2.45, 2.75) is 6.29 Å². The Kier molecular flexibility index (Phi) is 5.52. The molecule has 67 valence electrons. The summed E-state index contributed by atoms with van der Waals surface area (Å²) < 4.78 is 33.5. The molecule has 0 bridgehead atoms. The molecule has 0 aromatic carbocycles. The van der Waals surface area contributed by atoms with Crippen LogP contribution < -0.4 is 0 Å². The van der Waals surface area contributed by atoms with E-state index in [-0.39, 0.29) is 17.1 Å². The number of hydrogen-bond acceptors (Lipinski definition) is 6. The van der Waals surface area contributed by atoms with Crippen LogP contribution >= 0.6 is 16.5 Å².